The molecule has 2 aliphatic heterocycles. The van der Waals surface area contributed by atoms with Crippen LogP contribution in [0.2, 0.25) is 5.02 Å². The fourth-order valence-electron chi connectivity index (χ4n) is 4.62. The van der Waals surface area contributed by atoms with Gasteiger partial charge in [0, 0.05) is 13.2 Å². The molecule has 33 heavy (non-hydrogen) atoms. The summed E-state index contributed by atoms with van der Waals surface area (Å²) in [6.45, 7) is 4.82. The summed E-state index contributed by atoms with van der Waals surface area (Å²) in [6, 6.07) is 10.5. The molecular formula is C26H28ClNO5. The molecule has 7 heteroatoms. The molecule has 1 amide bonds. The average Bonchev–Trinajstić information content (AvgIpc) is 3.40. The van der Waals surface area contributed by atoms with Gasteiger partial charge in [0.1, 0.15) is 11.5 Å². The van der Waals surface area contributed by atoms with Crippen LogP contribution in [0.25, 0.3) is 5.76 Å². The standard InChI is InChI=1S/C26H28ClNO5/c1-4-16-7-9-17(10-8-16)22-21(23(29)19-12-15(2)13-20(27)25(19)32-3)24(30)26(31)28(22)14-18-6-5-11-33-18/h7-10,12-13,18,22,29H,4-6,11,14H2,1-3H3/b23-21+. The highest BCUT2D eigenvalue weighted by atomic mass is 35.5. The Kier molecular flexibility index (Phi) is 6.77. The Morgan fingerprint density at radius 2 is 1.97 bits per heavy atom. The van der Waals surface area contributed by atoms with Crippen LogP contribution in [0.4, 0.5) is 0 Å². The molecule has 2 aliphatic rings. The molecule has 2 aromatic rings. The minimum atomic E-state index is -0.732. The molecule has 0 bridgehead atoms. The zero-order valence-corrected chi connectivity index (χ0v) is 19.8. The smallest absolute Gasteiger partial charge is 0.295 e. The van der Waals surface area contributed by atoms with Crippen molar-refractivity contribution >= 4 is 29.1 Å². The minimum absolute atomic E-state index is 0.0298. The second-order valence-corrected chi connectivity index (χ2v) is 8.92. The molecule has 4 rings (SSSR count). The van der Waals surface area contributed by atoms with Crippen molar-refractivity contribution in [1.82, 2.24) is 4.90 Å². The van der Waals surface area contributed by atoms with E-state index in [0.29, 0.717) is 11.6 Å². The first-order valence-corrected chi connectivity index (χ1v) is 11.6. The van der Waals surface area contributed by atoms with Crippen molar-refractivity contribution in [1.29, 1.82) is 0 Å². The number of carbonyl (C=O) groups is 2. The highest BCUT2D eigenvalue weighted by Crippen LogP contribution is 2.43. The minimum Gasteiger partial charge on any atom is -0.507 e. The van der Waals surface area contributed by atoms with E-state index in [0.717, 1.165) is 36.0 Å². The van der Waals surface area contributed by atoms with Gasteiger partial charge in [-0.1, -0.05) is 42.8 Å². The predicted molar refractivity (Wildman–Crippen MR) is 127 cm³/mol. The maximum Gasteiger partial charge on any atom is 0.295 e. The second-order valence-electron chi connectivity index (χ2n) is 8.51. The third-order valence-electron chi connectivity index (χ3n) is 6.32. The molecule has 174 valence electrons. The van der Waals surface area contributed by atoms with Crippen LogP contribution in [-0.2, 0) is 20.7 Å². The van der Waals surface area contributed by atoms with E-state index in [1.807, 2.05) is 31.2 Å². The lowest BCUT2D eigenvalue weighted by molar-refractivity contribution is -0.140. The summed E-state index contributed by atoms with van der Waals surface area (Å²) in [6.07, 6.45) is 2.48. The van der Waals surface area contributed by atoms with Crippen LogP contribution in [0.1, 0.15) is 48.1 Å². The SMILES string of the molecule is CCc1ccc(C2/C(=C(\O)c3cc(C)cc(Cl)c3OC)C(=O)C(=O)N2CC2CCCO2)cc1. The number of aliphatic hydroxyl groups excluding tert-OH is 1. The average molecular weight is 470 g/mol. The topological polar surface area (TPSA) is 76.1 Å². The molecule has 2 saturated heterocycles. The van der Waals surface area contributed by atoms with Crippen LogP contribution >= 0.6 is 11.6 Å². The van der Waals surface area contributed by atoms with Gasteiger partial charge in [-0.15, -0.1) is 0 Å². The van der Waals surface area contributed by atoms with E-state index in [9.17, 15) is 14.7 Å². The fraction of sp³-hybridized carbons (Fsp3) is 0.385. The molecule has 2 atom stereocenters. The molecule has 0 aliphatic carbocycles. The Balaban J connectivity index is 1.88. The third-order valence-corrected chi connectivity index (χ3v) is 6.60. The van der Waals surface area contributed by atoms with Gasteiger partial charge in [0.25, 0.3) is 11.7 Å². The molecule has 1 N–H and O–H groups in total. The molecule has 2 heterocycles. The van der Waals surface area contributed by atoms with Crippen LogP contribution in [0.5, 0.6) is 5.75 Å². The van der Waals surface area contributed by atoms with E-state index in [2.05, 4.69) is 6.92 Å². The molecular weight excluding hydrogens is 442 g/mol. The lowest BCUT2D eigenvalue weighted by atomic mass is 9.93. The number of nitrogens with zero attached hydrogens (tertiary/aromatic N) is 1. The van der Waals surface area contributed by atoms with Crippen LogP contribution in [-0.4, -0.2) is 48.1 Å². The first kappa shape index (κ1) is 23.3. The number of ketones is 1. The number of likely N-dealkylation sites (tertiary alicyclic amines) is 1. The van der Waals surface area contributed by atoms with Gasteiger partial charge < -0.3 is 19.5 Å². The number of hydrogen-bond acceptors (Lipinski definition) is 5. The van der Waals surface area contributed by atoms with Gasteiger partial charge in [-0.25, -0.2) is 0 Å². The number of rotatable bonds is 6. The normalized spacial score (nSPS) is 22.2. The quantitative estimate of drug-likeness (QED) is 0.373. The van der Waals surface area contributed by atoms with Crippen molar-refractivity contribution < 1.29 is 24.2 Å². The molecule has 0 spiro atoms. The maximum atomic E-state index is 13.3. The summed E-state index contributed by atoms with van der Waals surface area (Å²) < 4.78 is 11.2. The van der Waals surface area contributed by atoms with E-state index in [1.165, 1.54) is 12.0 Å². The zero-order chi connectivity index (χ0) is 23.7. The Bertz CT molecular complexity index is 1100. The number of aliphatic hydroxyl groups is 1. The molecule has 6 nitrogen and oxygen atoms in total. The number of carbonyl (C=O) groups excluding carboxylic acids is 2. The summed E-state index contributed by atoms with van der Waals surface area (Å²) in [4.78, 5) is 27.9. The molecule has 0 aromatic heterocycles. The first-order chi connectivity index (χ1) is 15.8. The third kappa shape index (κ3) is 4.37. The number of ether oxygens (including phenoxy) is 2. The highest BCUT2D eigenvalue weighted by molar-refractivity contribution is 6.46. The van der Waals surface area contributed by atoms with Crippen molar-refractivity contribution in [2.75, 3.05) is 20.3 Å². The largest absolute Gasteiger partial charge is 0.507 e. The van der Waals surface area contributed by atoms with Crippen molar-refractivity contribution in [3.63, 3.8) is 0 Å². The number of benzene rings is 2. The van der Waals surface area contributed by atoms with E-state index in [-0.39, 0.29) is 35.3 Å². The van der Waals surface area contributed by atoms with E-state index in [4.69, 9.17) is 21.1 Å². The van der Waals surface area contributed by atoms with Gasteiger partial charge in [0.15, 0.2) is 0 Å². The Hall–Kier alpha value is -2.83. The summed E-state index contributed by atoms with van der Waals surface area (Å²) in [5, 5.41) is 11.7. The molecule has 0 radical (unpaired) electrons. The number of aryl methyl sites for hydroxylation is 2. The van der Waals surface area contributed by atoms with Gasteiger partial charge in [-0.3, -0.25) is 9.59 Å². The first-order valence-electron chi connectivity index (χ1n) is 11.2. The lowest BCUT2D eigenvalue weighted by Crippen LogP contribution is -2.36. The summed E-state index contributed by atoms with van der Waals surface area (Å²) in [7, 11) is 1.45. The summed E-state index contributed by atoms with van der Waals surface area (Å²) >= 11 is 6.34. The second kappa shape index (κ2) is 9.57. The van der Waals surface area contributed by atoms with E-state index >= 15 is 0 Å². The van der Waals surface area contributed by atoms with Crippen LogP contribution in [0.3, 0.4) is 0 Å². The Morgan fingerprint density at radius 1 is 1.24 bits per heavy atom. The van der Waals surface area contributed by atoms with E-state index < -0.39 is 17.7 Å². The monoisotopic (exact) mass is 469 g/mol. The number of Topliss-reactive ketones (excluding diaryl/α,β-unsaturated/α-hetero) is 1. The van der Waals surface area contributed by atoms with E-state index in [1.54, 1.807) is 12.1 Å². The van der Waals surface area contributed by atoms with Crippen molar-refractivity contribution in [2.24, 2.45) is 0 Å². The van der Waals surface area contributed by atoms with Gasteiger partial charge in [-0.05, 0) is 55.0 Å². The van der Waals surface area contributed by atoms with Crippen molar-refractivity contribution in [2.45, 2.75) is 45.3 Å². The Labute approximate surface area is 198 Å². The number of amides is 1. The highest BCUT2D eigenvalue weighted by Gasteiger charge is 2.47. The molecule has 2 fully saturated rings. The Morgan fingerprint density at radius 3 is 2.58 bits per heavy atom. The maximum absolute atomic E-state index is 13.3. The van der Waals surface area contributed by atoms with Gasteiger partial charge in [0.2, 0.25) is 0 Å². The van der Waals surface area contributed by atoms with Gasteiger partial charge >= 0.3 is 0 Å². The number of methoxy groups -OCH3 is 1. The zero-order valence-electron chi connectivity index (χ0n) is 19.1. The molecule has 2 unspecified atom stereocenters. The number of hydrogen-bond donors (Lipinski definition) is 1. The summed E-state index contributed by atoms with van der Waals surface area (Å²) in [5.41, 5.74) is 3.00. The number of halogens is 1. The fourth-order valence-corrected chi connectivity index (χ4v) is 4.97. The molecule has 0 saturated carbocycles. The van der Waals surface area contributed by atoms with Crippen molar-refractivity contribution in [3.8, 4) is 5.75 Å². The van der Waals surface area contributed by atoms with Crippen LogP contribution in [0, 0.1) is 6.92 Å². The van der Waals surface area contributed by atoms with Crippen LogP contribution < -0.4 is 4.74 Å². The van der Waals surface area contributed by atoms with Crippen molar-refractivity contribution in [3.05, 3.63) is 69.2 Å². The molecule has 2 aromatic carbocycles. The van der Waals surface area contributed by atoms with Crippen LogP contribution in [0.15, 0.2) is 42.0 Å². The predicted octanol–water partition coefficient (Wildman–Crippen LogP) is 4.82. The summed E-state index contributed by atoms with van der Waals surface area (Å²) in [5.74, 6) is -1.41. The van der Waals surface area contributed by atoms with Gasteiger partial charge in [-0.2, -0.15) is 0 Å². The van der Waals surface area contributed by atoms with Gasteiger partial charge in [0.05, 0.1) is 35.4 Å². The lowest BCUT2D eigenvalue weighted by Gasteiger charge is -2.27.